The van der Waals surface area contributed by atoms with E-state index < -0.39 is 5.97 Å². The zero-order chi connectivity index (χ0) is 13.1. The first-order valence-electron chi connectivity index (χ1n) is 5.49. The molecule has 0 aliphatic heterocycles. The predicted molar refractivity (Wildman–Crippen MR) is 60.9 cm³/mol. The summed E-state index contributed by atoms with van der Waals surface area (Å²) in [5.74, 6) is -1.03. The largest absolute Gasteiger partial charge is 0.480 e. The third-order valence-electron chi connectivity index (χ3n) is 1.76. The summed E-state index contributed by atoms with van der Waals surface area (Å²) in [4.78, 5) is 21.3. The Morgan fingerprint density at radius 2 is 2.06 bits per heavy atom. The molecule has 0 heterocycles. The van der Waals surface area contributed by atoms with Crippen LogP contribution in [0.25, 0.3) is 0 Å². The van der Waals surface area contributed by atoms with Crippen molar-refractivity contribution in [3.63, 3.8) is 0 Å². The number of rotatable bonds is 9. The summed E-state index contributed by atoms with van der Waals surface area (Å²) < 4.78 is 9.97. The van der Waals surface area contributed by atoms with E-state index >= 15 is 0 Å². The maximum Gasteiger partial charge on any atom is 0.329 e. The van der Waals surface area contributed by atoms with Crippen molar-refractivity contribution in [2.24, 2.45) is 0 Å². The van der Waals surface area contributed by atoms with Gasteiger partial charge >= 0.3 is 12.0 Å². The Hall–Kier alpha value is -1.34. The molecule has 0 fully saturated rings. The average Bonchev–Trinajstić information content (AvgIpc) is 2.26. The van der Waals surface area contributed by atoms with Crippen LogP contribution in [-0.4, -0.2) is 56.1 Å². The van der Waals surface area contributed by atoms with E-state index in [1.165, 1.54) is 0 Å². The molecule has 0 rings (SSSR count). The fourth-order valence-electron chi connectivity index (χ4n) is 1.04. The van der Waals surface area contributed by atoms with Crippen molar-refractivity contribution in [3.8, 4) is 0 Å². The lowest BCUT2D eigenvalue weighted by Gasteiger charge is -2.13. The Morgan fingerprint density at radius 3 is 2.65 bits per heavy atom. The summed E-state index contributed by atoms with van der Waals surface area (Å²) in [5, 5.41) is 13.4. The Kier molecular flexibility index (Phi) is 9.08. The summed E-state index contributed by atoms with van der Waals surface area (Å²) >= 11 is 0. The number of ether oxygens (including phenoxy) is 2. The molecule has 1 unspecified atom stereocenters. The van der Waals surface area contributed by atoms with Crippen molar-refractivity contribution >= 4 is 12.0 Å². The zero-order valence-electron chi connectivity index (χ0n) is 10.2. The number of carbonyl (C=O) groups is 2. The molecule has 0 saturated heterocycles. The van der Waals surface area contributed by atoms with Gasteiger partial charge in [-0.1, -0.05) is 0 Å². The maximum absolute atomic E-state index is 11.2. The molecule has 7 heteroatoms. The fourth-order valence-corrected chi connectivity index (χ4v) is 1.04. The maximum atomic E-state index is 11.2. The molecule has 0 bridgehead atoms. The molecule has 17 heavy (non-hydrogen) atoms. The van der Waals surface area contributed by atoms with Crippen LogP contribution >= 0.6 is 0 Å². The molecule has 2 amide bonds. The number of urea groups is 1. The molecule has 0 aliphatic carbocycles. The highest BCUT2D eigenvalue weighted by Gasteiger charge is 2.04. The fraction of sp³-hybridized carbons (Fsp3) is 0.800. The SMILES string of the molecule is CCOC(C)CNC(=O)NCCOCC(=O)O. The third-order valence-corrected chi connectivity index (χ3v) is 1.76. The van der Waals surface area contributed by atoms with Crippen molar-refractivity contribution in [1.82, 2.24) is 10.6 Å². The highest BCUT2D eigenvalue weighted by atomic mass is 16.5. The lowest BCUT2D eigenvalue weighted by molar-refractivity contribution is -0.142. The first kappa shape index (κ1) is 15.7. The van der Waals surface area contributed by atoms with Gasteiger partial charge in [-0.25, -0.2) is 9.59 Å². The van der Waals surface area contributed by atoms with Gasteiger partial charge in [0.2, 0.25) is 0 Å². The Bertz CT molecular complexity index is 235. The zero-order valence-corrected chi connectivity index (χ0v) is 10.2. The molecule has 1 atom stereocenters. The quantitative estimate of drug-likeness (QED) is 0.491. The van der Waals surface area contributed by atoms with Crippen molar-refractivity contribution in [2.75, 3.05) is 32.9 Å². The number of carboxylic acids is 1. The van der Waals surface area contributed by atoms with E-state index in [1.807, 2.05) is 13.8 Å². The summed E-state index contributed by atoms with van der Waals surface area (Å²) in [7, 11) is 0. The van der Waals surface area contributed by atoms with Gasteiger partial charge < -0.3 is 25.2 Å². The van der Waals surface area contributed by atoms with Crippen LogP contribution in [0, 0.1) is 0 Å². The highest BCUT2D eigenvalue weighted by Crippen LogP contribution is 1.86. The summed E-state index contributed by atoms with van der Waals surface area (Å²) in [6.07, 6.45) is -0.0333. The molecule has 100 valence electrons. The number of hydrogen-bond acceptors (Lipinski definition) is 4. The van der Waals surface area contributed by atoms with Crippen LogP contribution in [0.1, 0.15) is 13.8 Å². The molecule has 0 spiro atoms. The lowest BCUT2D eigenvalue weighted by Crippen LogP contribution is -2.41. The molecule has 3 N–H and O–H groups in total. The third kappa shape index (κ3) is 10.9. The van der Waals surface area contributed by atoms with Gasteiger partial charge in [0.25, 0.3) is 0 Å². The number of nitrogens with one attached hydrogen (secondary N) is 2. The first-order chi connectivity index (χ1) is 8.06. The Labute approximate surface area is 100 Å². The molecule has 7 nitrogen and oxygen atoms in total. The van der Waals surface area contributed by atoms with Crippen LogP contribution in [0.5, 0.6) is 0 Å². The Morgan fingerprint density at radius 1 is 1.35 bits per heavy atom. The number of hydrogen-bond donors (Lipinski definition) is 3. The van der Waals surface area contributed by atoms with E-state index in [-0.39, 0.29) is 31.9 Å². The molecule has 0 aliphatic rings. The van der Waals surface area contributed by atoms with Gasteiger partial charge in [-0.2, -0.15) is 0 Å². The van der Waals surface area contributed by atoms with E-state index in [0.717, 1.165) is 0 Å². The minimum atomic E-state index is -1.03. The van der Waals surface area contributed by atoms with Crippen molar-refractivity contribution in [2.45, 2.75) is 20.0 Å². The molecular formula is C10H20N2O5. The number of aliphatic carboxylic acids is 1. The smallest absolute Gasteiger partial charge is 0.329 e. The van der Waals surface area contributed by atoms with Gasteiger partial charge in [0.05, 0.1) is 12.7 Å². The minimum Gasteiger partial charge on any atom is -0.480 e. The number of amides is 2. The second kappa shape index (κ2) is 9.86. The van der Waals surface area contributed by atoms with Gasteiger partial charge in [-0.15, -0.1) is 0 Å². The average molecular weight is 248 g/mol. The molecule has 0 aromatic heterocycles. The van der Waals surface area contributed by atoms with E-state index in [0.29, 0.717) is 13.2 Å². The predicted octanol–water partition coefficient (Wildman–Crippen LogP) is -0.188. The normalized spacial score (nSPS) is 11.9. The monoisotopic (exact) mass is 248 g/mol. The summed E-state index contributed by atoms with van der Waals surface area (Å²) in [6.45, 7) is 4.85. The standard InChI is InChI=1S/C10H20N2O5/c1-3-17-8(2)6-12-10(15)11-4-5-16-7-9(13)14/h8H,3-7H2,1-2H3,(H,13,14)(H2,11,12,15). The van der Waals surface area contributed by atoms with E-state index in [2.05, 4.69) is 10.6 Å². The first-order valence-corrected chi connectivity index (χ1v) is 5.49. The second-order valence-corrected chi connectivity index (χ2v) is 3.35. The van der Waals surface area contributed by atoms with Gasteiger partial charge in [0, 0.05) is 19.7 Å². The molecule has 0 saturated carbocycles. The van der Waals surface area contributed by atoms with Crippen molar-refractivity contribution in [1.29, 1.82) is 0 Å². The number of carboxylic acid groups (broad SMARTS) is 1. The molecular weight excluding hydrogens is 228 g/mol. The van der Waals surface area contributed by atoms with Crippen LogP contribution in [0.3, 0.4) is 0 Å². The van der Waals surface area contributed by atoms with Gasteiger partial charge in [-0.3, -0.25) is 0 Å². The van der Waals surface area contributed by atoms with Crippen LogP contribution in [-0.2, 0) is 14.3 Å². The Balaban J connectivity index is 3.37. The van der Waals surface area contributed by atoms with Gasteiger partial charge in [-0.05, 0) is 13.8 Å². The summed E-state index contributed by atoms with van der Waals surface area (Å²) in [5.41, 5.74) is 0. The van der Waals surface area contributed by atoms with Gasteiger partial charge in [0.15, 0.2) is 0 Å². The topological polar surface area (TPSA) is 96.9 Å². The second-order valence-electron chi connectivity index (χ2n) is 3.35. The lowest BCUT2D eigenvalue weighted by atomic mass is 10.4. The molecule has 0 aromatic carbocycles. The number of carbonyl (C=O) groups excluding carboxylic acids is 1. The van der Waals surface area contributed by atoms with Crippen molar-refractivity contribution in [3.05, 3.63) is 0 Å². The van der Waals surface area contributed by atoms with Gasteiger partial charge in [0.1, 0.15) is 6.61 Å². The van der Waals surface area contributed by atoms with Crippen molar-refractivity contribution < 1.29 is 24.2 Å². The summed E-state index contributed by atoms with van der Waals surface area (Å²) in [6, 6.07) is -0.324. The van der Waals surface area contributed by atoms with E-state index in [4.69, 9.17) is 14.6 Å². The van der Waals surface area contributed by atoms with E-state index in [1.54, 1.807) is 0 Å². The van der Waals surface area contributed by atoms with Crippen LogP contribution in [0.2, 0.25) is 0 Å². The van der Waals surface area contributed by atoms with E-state index in [9.17, 15) is 9.59 Å². The molecule has 0 aromatic rings. The van der Waals surface area contributed by atoms with Crippen LogP contribution < -0.4 is 10.6 Å². The molecule has 0 radical (unpaired) electrons. The van der Waals surface area contributed by atoms with Crippen LogP contribution in [0.15, 0.2) is 0 Å². The van der Waals surface area contributed by atoms with Crippen LogP contribution in [0.4, 0.5) is 4.79 Å². The minimum absolute atomic E-state index is 0.0333. The highest BCUT2D eigenvalue weighted by molar-refractivity contribution is 5.73.